The van der Waals surface area contributed by atoms with Gasteiger partial charge < -0.3 is 19.7 Å². The summed E-state index contributed by atoms with van der Waals surface area (Å²) in [7, 11) is 0. The zero-order valence-corrected chi connectivity index (χ0v) is 16.7. The second kappa shape index (κ2) is 8.57. The van der Waals surface area contributed by atoms with E-state index in [0.717, 1.165) is 18.7 Å². The minimum Gasteiger partial charge on any atom is -0.354 e. The predicted molar refractivity (Wildman–Crippen MR) is 106 cm³/mol. The Hall–Kier alpha value is -1.99. The summed E-state index contributed by atoms with van der Waals surface area (Å²) in [5.41, 5.74) is 2.77. The first-order chi connectivity index (χ1) is 13.6. The second-order valence-electron chi connectivity index (χ2n) is 7.90. The molecule has 1 amide bonds. The number of allylic oxidation sites excluding steroid dienone is 1. The lowest BCUT2D eigenvalue weighted by Crippen LogP contribution is -2.47. The maximum absolute atomic E-state index is 12.9. The van der Waals surface area contributed by atoms with Crippen molar-refractivity contribution in [2.24, 2.45) is 0 Å². The van der Waals surface area contributed by atoms with E-state index in [4.69, 9.17) is 9.47 Å². The molecule has 0 aromatic carbocycles. The second-order valence-corrected chi connectivity index (χ2v) is 7.90. The third kappa shape index (κ3) is 4.52. The average molecular weight is 386 g/mol. The van der Waals surface area contributed by atoms with Gasteiger partial charge in [0.05, 0.1) is 13.2 Å². The van der Waals surface area contributed by atoms with Crippen LogP contribution in [0.2, 0.25) is 0 Å². The Morgan fingerprint density at radius 2 is 2.00 bits per heavy atom. The van der Waals surface area contributed by atoms with E-state index in [0.29, 0.717) is 50.8 Å². The minimum absolute atomic E-state index is 0.0450. The molecule has 28 heavy (non-hydrogen) atoms. The van der Waals surface area contributed by atoms with Crippen molar-refractivity contribution in [1.29, 1.82) is 0 Å². The summed E-state index contributed by atoms with van der Waals surface area (Å²) < 4.78 is 11.5. The normalized spacial score (nSPS) is 21.6. The first-order valence-corrected chi connectivity index (χ1v) is 10.5. The van der Waals surface area contributed by atoms with Gasteiger partial charge in [0.1, 0.15) is 5.69 Å². The summed E-state index contributed by atoms with van der Waals surface area (Å²) in [4.78, 5) is 23.7. The number of aromatic nitrogens is 2. The Bertz CT molecular complexity index is 733. The standard InChI is InChI=1S/C21H30N4O3/c1-16-15-18(19(26)25-11-8-21(9-12-25)27-13-14-28-21)24-20(23-16)22-10-7-17-5-3-2-4-6-17/h5,15H,2-4,6-14H2,1H3,(H,22,23,24). The van der Waals surface area contributed by atoms with E-state index in [1.807, 2.05) is 11.8 Å². The Morgan fingerprint density at radius 3 is 2.71 bits per heavy atom. The van der Waals surface area contributed by atoms with Crippen LogP contribution in [0.5, 0.6) is 0 Å². The Balaban J connectivity index is 1.35. The van der Waals surface area contributed by atoms with Crippen molar-refractivity contribution in [3.8, 4) is 0 Å². The molecule has 3 aliphatic rings. The van der Waals surface area contributed by atoms with Crippen LogP contribution in [-0.4, -0.2) is 59.4 Å². The monoisotopic (exact) mass is 386 g/mol. The third-order valence-corrected chi connectivity index (χ3v) is 5.81. The van der Waals surface area contributed by atoms with E-state index in [9.17, 15) is 4.79 Å². The van der Waals surface area contributed by atoms with Gasteiger partial charge in [0.15, 0.2) is 5.79 Å². The quantitative estimate of drug-likeness (QED) is 0.784. The number of hydrogen-bond acceptors (Lipinski definition) is 6. The fourth-order valence-corrected chi connectivity index (χ4v) is 4.22. The molecule has 7 nitrogen and oxygen atoms in total. The number of likely N-dealkylation sites (tertiary alicyclic amines) is 1. The summed E-state index contributed by atoms with van der Waals surface area (Å²) in [6.45, 7) is 5.23. The highest BCUT2D eigenvalue weighted by Crippen LogP contribution is 2.31. The molecule has 2 fully saturated rings. The van der Waals surface area contributed by atoms with Gasteiger partial charge in [0.25, 0.3) is 5.91 Å². The number of aryl methyl sites for hydroxylation is 1. The number of piperidine rings is 1. The Kier molecular flexibility index (Phi) is 5.92. The smallest absolute Gasteiger partial charge is 0.272 e. The van der Waals surface area contributed by atoms with Gasteiger partial charge in [-0.15, -0.1) is 0 Å². The van der Waals surface area contributed by atoms with Crippen molar-refractivity contribution in [2.75, 3.05) is 38.2 Å². The van der Waals surface area contributed by atoms with Crippen LogP contribution >= 0.6 is 0 Å². The largest absolute Gasteiger partial charge is 0.354 e. The Morgan fingerprint density at radius 1 is 1.21 bits per heavy atom. The van der Waals surface area contributed by atoms with Crippen LogP contribution in [0.25, 0.3) is 0 Å². The van der Waals surface area contributed by atoms with Crippen LogP contribution in [0.4, 0.5) is 5.95 Å². The fraction of sp³-hybridized carbons (Fsp3) is 0.667. The van der Waals surface area contributed by atoms with Crippen LogP contribution in [0.15, 0.2) is 17.7 Å². The summed E-state index contributed by atoms with van der Waals surface area (Å²) in [5, 5.41) is 3.30. The molecule has 0 saturated carbocycles. The zero-order valence-electron chi connectivity index (χ0n) is 16.7. The molecule has 0 atom stereocenters. The SMILES string of the molecule is Cc1cc(C(=O)N2CCC3(CC2)OCCO3)nc(NCCC2=CCCCC2)n1. The van der Waals surface area contributed by atoms with Crippen LogP contribution in [0.3, 0.4) is 0 Å². The topological polar surface area (TPSA) is 76.6 Å². The van der Waals surface area contributed by atoms with Crippen LogP contribution in [0.1, 0.15) is 61.1 Å². The van der Waals surface area contributed by atoms with Gasteiger partial charge in [0.2, 0.25) is 5.95 Å². The van der Waals surface area contributed by atoms with Crippen molar-refractivity contribution in [1.82, 2.24) is 14.9 Å². The predicted octanol–water partition coefficient (Wildman–Crippen LogP) is 3.07. The molecule has 7 heteroatoms. The highest BCUT2D eigenvalue weighted by atomic mass is 16.7. The van der Waals surface area contributed by atoms with Gasteiger partial charge in [0, 0.05) is 38.2 Å². The molecule has 0 bridgehead atoms. The highest BCUT2D eigenvalue weighted by molar-refractivity contribution is 5.92. The molecule has 1 aromatic rings. The lowest BCUT2D eigenvalue weighted by molar-refractivity contribution is -0.181. The van der Waals surface area contributed by atoms with E-state index < -0.39 is 5.79 Å². The van der Waals surface area contributed by atoms with Crippen LogP contribution < -0.4 is 5.32 Å². The average Bonchev–Trinajstić information content (AvgIpc) is 3.16. The highest BCUT2D eigenvalue weighted by Gasteiger charge is 2.41. The van der Waals surface area contributed by atoms with Gasteiger partial charge in [-0.05, 0) is 45.1 Å². The lowest BCUT2D eigenvalue weighted by Gasteiger charge is -2.37. The number of ether oxygens (including phenoxy) is 2. The van der Waals surface area contributed by atoms with E-state index in [1.165, 1.54) is 31.3 Å². The summed E-state index contributed by atoms with van der Waals surface area (Å²) in [6, 6.07) is 1.77. The maximum atomic E-state index is 12.9. The molecule has 0 radical (unpaired) electrons. The number of nitrogens with one attached hydrogen (secondary N) is 1. The first-order valence-electron chi connectivity index (χ1n) is 10.5. The maximum Gasteiger partial charge on any atom is 0.272 e. The number of carbonyl (C=O) groups is 1. The number of nitrogens with zero attached hydrogens (tertiary/aromatic N) is 3. The molecule has 1 N–H and O–H groups in total. The van der Waals surface area contributed by atoms with Crippen molar-refractivity contribution < 1.29 is 14.3 Å². The molecule has 1 aliphatic carbocycles. The number of amides is 1. The molecule has 1 aromatic heterocycles. The van der Waals surface area contributed by atoms with E-state index in [-0.39, 0.29) is 5.91 Å². The number of anilines is 1. The van der Waals surface area contributed by atoms with Gasteiger partial charge in [-0.2, -0.15) is 0 Å². The number of carbonyl (C=O) groups excluding carboxylic acids is 1. The van der Waals surface area contributed by atoms with E-state index in [2.05, 4.69) is 21.4 Å². The molecule has 2 aliphatic heterocycles. The Labute approximate surface area is 166 Å². The van der Waals surface area contributed by atoms with Crippen molar-refractivity contribution in [2.45, 2.75) is 57.7 Å². The van der Waals surface area contributed by atoms with Gasteiger partial charge in [-0.1, -0.05) is 11.6 Å². The zero-order chi connectivity index (χ0) is 19.4. The summed E-state index contributed by atoms with van der Waals surface area (Å²) in [6.07, 6.45) is 9.78. The van der Waals surface area contributed by atoms with Crippen molar-refractivity contribution in [3.05, 3.63) is 29.1 Å². The van der Waals surface area contributed by atoms with Crippen molar-refractivity contribution in [3.63, 3.8) is 0 Å². The first kappa shape index (κ1) is 19.3. The summed E-state index contributed by atoms with van der Waals surface area (Å²) in [5.74, 6) is 0.0193. The summed E-state index contributed by atoms with van der Waals surface area (Å²) >= 11 is 0. The van der Waals surface area contributed by atoms with E-state index >= 15 is 0 Å². The lowest BCUT2D eigenvalue weighted by atomic mass is 9.97. The molecular weight excluding hydrogens is 356 g/mol. The van der Waals surface area contributed by atoms with E-state index in [1.54, 1.807) is 6.07 Å². The molecular formula is C21H30N4O3. The minimum atomic E-state index is -0.473. The molecule has 0 unspecified atom stereocenters. The number of hydrogen-bond donors (Lipinski definition) is 1. The third-order valence-electron chi connectivity index (χ3n) is 5.81. The molecule has 2 saturated heterocycles. The number of rotatable bonds is 5. The van der Waals surface area contributed by atoms with Gasteiger partial charge >= 0.3 is 0 Å². The van der Waals surface area contributed by atoms with Crippen LogP contribution in [0, 0.1) is 6.92 Å². The molecule has 1 spiro atoms. The molecule has 152 valence electrons. The molecule has 3 heterocycles. The van der Waals surface area contributed by atoms with Crippen molar-refractivity contribution >= 4 is 11.9 Å². The van der Waals surface area contributed by atoms with Crippen LogP contribution in [-0.2, 0) is 9.47 Å². The van der Waals surface area contributed by atoms with Gasteiger partial charge in [-0.3, -0.25) is 4.79 Å². The van der Waals surface area contributed by atoms with Gasteiger partial charge in [-0.25, -0.2) is 9.97 Å². The fourth-order valence-electron chi connectivity index (χ4n) is 4.22. The molecule has 4 rings (SSSR count).